The maximum absolute atomic E-state index is 12.8. The Morgan fingerprint density at radius 2 is 1.76 bits per heavy atom. The van der Waals surface area contributed by atoms with Crippen molar-refractivity contribution in [3.63, 3.8) is 0 Å². The van der Waals surface area contributed by atoms with Crippen LogP contribution in [0.1, 0.15) is 59.9 Å². The standard InChI is InChI=1S/C19H22N2O4/c1-4-20-16(22)8-7-15(19(20)25)21-17(23)13-6-5-12(9-11(2)3)10-14(13)18(21)24/h5-6,10-11,15H,4,7-9H2,1-3H3. The molecule has 1 atom stereocenters. The van der Waals surface area contributed by atoms with Gasteiger partial charge in [-0.15, -0.1) is 0 Å². The average Bonchev–Trinajstić information content (AvgIpc) is 2.79. The number of carbonyl (C=O) groups excluding carboxylic acids is 4. The molecule has 0 N–H and O–H groups in total. The number of fused-ring (bicyclic) bond motifs is 1. The highest BCUT2D eigenvalue weighted by Gasteiger charge is 2.46. The molecular formula is C19H22N2O4. The first-order valence-corrected chi connectivity index (χ1v) is 8.70. The SMILES string of the molecule is CCN1C(=O)CCC(N2C(=O)c3ccc(CC(C)C)cc3C2=O)C1=O. The summed E-state index contributed by atoms with van der Waals surface area (Å²) in [4.78, 5) is 52.1. The van der Waals surface area contributed by atoms with Crippen LogP contribution >= 0.6 is 0 Å². The highest BCUT2D eigenvalue weighted by molar-refractivity contribution is 6.23. The van der Waals surface area contributed by atoms with Crippen molar-refractivity contribution in [2.75, 3.05) is 6.54 Å². The lowest BCUT2D eigenvalue weighted by molar-refractivity contribution is -0.151. The van der Waals surface area contributed by atoms with Gasteiger partial charge in [-0.25, -0.2) is 0 Å². The Kier molecular flexibility index (Phi) is 4.45. The first kappa shape index (κ1) is 17.3. The molecule has 2 aliphatic rings. The summed E-state index contributed by atoms with van der Waals surface area (Å²) < 4.78 is 0. The number of benzene rings is 1. The normalized spacial score (nSPS) is 20.7. The quantitative estimate of drug-likeness (QED) is 0.785. The van der Waals surface area contributed by atoms with E-state index in [0.29, 0.717) is 17.0 Å². The van der Waals surface area contributed by atoms with Gasteiger partial charge in [-0.1, -0.05) is 19.9 Å². The summed E-state index contributed by atoms with van der Waals surface area (Å²) in [6, 6.07) is 4.39. The smallest absolute Gasteiger partial charge is 0.262 e. The fraction of sp³-hybridized carbons (Fsp3) is 0.474. The zero-order valence-electron chi connectivity index (χ0n) is 14.7. The molecule has 1 aromatic carbocycles. The van der Waals surface area contributed by atoms with Gasteiger partial charge in [0.05, 0.1) is 11.1 Å². The van der Waals surface area contributed by atoms with Gasteiger partial charge in [0, 0.05) is 13.0 Å². The van der Waals surface area contributed by atoms with E-state index in [-0.39, 0.29) is 25.3 Å². The van der Waals surface area contributed by atoms with E-state index in [0.717, 1.165) is 21.8 Å². The molecule has 4 amide bonds. The van der Waals surface area contributed by atoms with E-state index in [1.165, 1.54) is 0 Å². The Morgan fingerprint density at radius 1 is 1.08 bits per heavy atom. The zero-order valence-corrected chi connectivity index (χ0v) is 14.7. The fourth-order valence-corrected chi connectivity index (χ4v) is 3.58. The number of piperidine rings is 1. The van der Waals surface area contributed by atoms with E-state index in [1.54, 1.807) is 19.1 Å². The van der Waals surface area contributed by atoms with Crippen molar-refractivity contribution in [2.45, 2.75) is 46.1 Å². The summed E-state index contributed by atoms with van der Waals surface area (Å²) in [5.41, 5.74) is 1.69. The van der Waals surface area contributed by atoms with Crippen molar-refractivity contribution in [1.29, 1.82) is 0 Å². The van der Waals surface area contributed by atoms with Crippen LogP contribution in [-0.4, -0.2) is 46.0 Å². The molecule has 1 fully saturated rings. The minimum atomic E-state index is -0.890. The summed E-state index contributed by atoms with van der Waals surface area (Å²) in [6.45, 7) is 6.13. The lowest BCUT2D eigenvalue weighted by Gasteiger charge is -2.33. The fourth-order valence-electron chi connectivity index (χ4n) is 3.58. The van der Waals surface area contributed by atoms with Crippen molar-refractivity contribution in [2.24, 2.45) is 5.92 Å². The van der Waals surface area contributed by atoms with Crippen LogP contribution in [0.25, 0.3) is 0 Å². The van der Waals surface area contributed by atoms with Gasteiger partial charge in [0.1, 0.15) is 6.04 Å². The third kappa shape index (κ3) is 2.86. The van der Waals surface area contributed by atoms with Crippen molar-refractivity contribution in [3.8, 4) is 0 Å². The van der Waals surface area contributed by atoms with Crippen LogP contribution in [0.5, 0.6) is 0 Å². The molecule has 0 radical (unpaired) electrons. The number of amides is 4. The second kappa shape index (κ2) is 6.43. The molecular weight excluding hydrogens is 320 g/mol. The monoisotopic (exact) mass is 342 g/mol. The van der Waals surface area contributed by atoms with Crippen molar-refractivity contribution < 1.29 is 19.2 Å². The summed E-state index contributed by atoms with van der Waals surface area (Å²) in [5, 5.41) is 0. The summed E-state index contributed by atoms with van der Waals surface area (Å²) in [7, 11) is 0. The predicted molar refractivity (Wildman–Crippen MR) is 90.9 cm³/mol. The van der Waals surface area contributed by atoms with Crippen molar-refractivity contribution >= 4 is 23.6 Å². The van der Waals surface area contributed by atoms with Gasteiger partial charge in [0.2, 0.25) is 5.91 Å². The maximum atomic E-state index is 12.8. The Labute approximate surface area is 146 Å². The Balaban J connectivity index is 1.92. The van der Waals surface area contributed by atoms with Crippen LogP contribution in [0.3, 0.4) is 0 Å². The predicted octanol–water partition coefficient (Wildman–Crippen LogP) is 2.02. The topological polar surface area (TPSA) is 74.8 Å². The second-order valence-electron chi connectivity index (χ2n) is 6.99. The molecule has 25 heavy (non-hydrogen) atoms. The third-order valence-corrected chi connectivity index (χ3v) is 4.74. The van der Waals surface area contributed by atoms with E-state index in [1.807, 2.05) is 6.07 Å². The molecule has 0 spiro atoms. The number of nitrogens with zero attached hydrogens (tertiary/aromatic N) is 2. The number of carbonyl (C=O) groups is 4. The van der Waals surface area contributed by atoms with E-state index in [4.69, 9.17) is 0 Å². The Bertz CT molecular complexity index is 769. The first-order chi connectivity index (χ1) is 11.8. The average molecular weight is 342 g/mol. The molecule has 2 heterocycles. The van der Waals surface area contributed by atoms with Crippen LogP contribution in [-0.2, 0) is 16.0 Å². The van der Waals surface area contributed by atoms with Gasteiger partial charge in [0.15, 0.2) is 0 Å². The molecule has 2 aliphatic heterocycles. The van der Waals surface area contributed by atoms with Crippen LogP contribution in [0.15, 0.2) is 18.2 Å². The minimum absolute atomic E-state index is 0.163. The molecule has 0 aliphatic carbocycles. The lowest BCUT2D eigenvalue weighted by Crippen LogP contribution is -2.55. The van der Waals surface area contributed by atoms with Crippen molar-refractivity contribution in [3.05, 3.63) is 34.9 Å². The highest BCUT2D eigenvalue weighted by atomic mass is 16.2. The molecule has 1 saturated heterocycles. The van der Waals surface area contributed by atoms with Gasteiger partial charge in [0.25, 0.3) is 17.7 Å². The third-order valence-electron chi connectivity index (χ3n) is 4.74. The van der Waals surface area contributed by atoms with E-state index < -0.39 is 23.8 Å². The Morgan fingerprint density at radius 3 is 2.40 bits per heavy atom. The summed E-state index contributed by atoms with van der Waals surface area (Å²) in [6.07, 6.45) is 1.17. The highest BCUT2D eigenvalue weighted by Crippen LogP contribution is 2.30. The molecule has 1 aromatic rings. The lowest BCUT2D eigenvalue weighted by atomic mass is 9.99. The Hall–Kier alpha value is -2.50. The van der Waals surface area contributed by atoms with Gasteiger partial charge in [-0.3, -0.25) is 29.0 Å². The molecule has 0 aromatic heterocycles. The van der Waals surface area contributed by atoms with Gasteiger partial charge in [-0.2, -0.15) is 0 Å². The molecule has 6 nitrogen and oxygen atoms in total. The second-order valence-corrected chi connectivity index (χ2v) is 6.99. The van der Waals surface area contributed by atoms with Crippen LogP contribution in [0.2, 0.25) is 0 Å². The van der Waals surface area contributed by atoms with Gasteiger partial charge >= 0.3 is 0 Å². The van der Waals surface area contributed by atoms with Crippen LogP contribution in [0, 0.1) is 5.92 Å². The van der Waals surface area contributed by atoms with Crippen LogP contribution in [0.4, 0.5) is 0 Å². The molecule has 6 heteroatoms. The van der Waals surface area contributed by atoms with E-state index in [9.17, 15) is 19.2 Å². The molecule has 0 saturated carbocycles. The summed E-state index contributed by atoms with van der Waals surface area (Å²) >= 11 is 0. The van der Waals surface area contributed by atoms with E-state index >= 15 is 0 Å². The number of likely N-dealkylation sites (tertiary alicyclic amines) is 1. The number of hydrogen-bond acceptors (Lipinski definition) is 4. The molecule has 3 rings (SSSR count). The minimum Gasteiger partial charge on any atom is -0.281 e. The number of likely N-dealkylation sites (N-methyl/N-ethyl adjacent to an activating group) is 1. The number of hydrogen-bond donors (Lipinski definition) is 0. The zero-order chi connectivity index (χ0) is 18.3. The van der Waals surface area contributed by atoms with Crippen LogP contribution < -0.4 is 0 Å². The van der Waals surface area contributed by atoms with Gasteiger partial charge in [-0.05, 0) is 43.4 Å². The van der Waals surface area contributed by atoms with E-state index in [2.05, 4.69) is 13.8 Å². The number of rotatable bonds is 4. The molecule has 1 unspecified atom stereocenters. The number of imide groups is 2. The van der Waals surface area contributed by atoms with Gasteiger partial charge < -0.3 is 0 Å². The maximum Gasteiger partial charge on any atom is 0.262 e. The summed E-state index contributed by atoms with van der Waals surface area (Å²) in [5.74, 6) is -1.16. The molecule has 0 bridgehead atoms. The molecule has 132 valence electrons. The largest absolute Gasteiger partial charge is 0.281 e. The van der Waals surface area contributed by atoms with Crippen molar-refractivity contribution in [1.82, 2.24) is 9.80 Å². The first-order valence-electron chi connectivity index (χ1n) is 8.70.